The maximum Gasteiger partial charge on any atom is 0.307 e. The Morgan fingerprint density at radius 3 is 2.63 bits per heavy atom. The first-order valence-corrected chi connectivity index (χ1v) is 5.59. The lowest BCUT2D eigenvalue weighted by Crippen LogP contribution is -2.24. The summed E-state index contributed by atoms with van der Waals surface area (Å²) in [5, 5.41) is 21.0. The molecule has 7 heteroatoms. The molecular formula is C12H12N4O3. The third-order valence-electron chi connectivity index (χ3n) is 2.55. The van der Waals surface area contributed by atoms with E-state index in [0.717, 1.165) is 5.56 Å². The van der Waals surface area contributed by atoms with Crippen LogP contribution in [0.3, 0.4) is 0 Å². The molecule has 2 rings (SSSR count). The first-order chi connectivity index (χ1) is 9.16. The quantitative estimate of drug-likeness (QED) is 0.719. The van der Waals surface area contributed by atoms with E-state index in [0.29, 0.717) is 5.56 Å². The van der Waals surface area contributed by atoms with Gasteiger partial charge in [-0.25, -0.2) is 0 Å². The second-order valence-electron chi connectivity index (χ2n) is 3.88. The van der Waals surface area contributed by atoms with E-state index in [4.69, 9.17) is 5.11 Å². The van der Waals surface area contributed by atoms with Gasteiger partial charge in [-0.15, -0.1) is 0 Å². The van der Waals surface area contributed by atoms with Crippen LogP contribution >= 0.6 is 0 Å². The second-order valence-corrected chi connectivity index (χ2v) is 3.88. The normalized spacial score (nSPS) is 10.1. The molecule has 0 radical (unpaired) electrons. The molecule has 0 saturated carbocycles. The third-order valence-corrected chi connectivity index (χ3v) is 2.55. The monoisotopic (exact) mass is 260 g/mol. The highest BCUT2D eigenvalue weighted by atomic mass is 16.4. The summed E-state index contributed by atoms with van der Waals surface area (Å²) in [4.78, 5) is 22.4. The molecule has 2 aromatic rings. The van der Waals surface area contributed by atoms with Gasteiger partial charge in [-0.2, -0.15) is 15.4 Å². The lowest BCUT2D eigenvalue weighted by atomic mass is 10.0. The summed E-state index contributed by atoms with van der Waals surface area (Å²) in [7, 11) is 0. The van der Waals surface area contributed by atoms with Gasteiger partial charge in [0.25, 0.3) is 5.91 Å². The van der Waals surface area contributed by atoms with Gasteiger partial charge in [0.2, 0.25) is 0 Å². The summed E-state index contributed by atoms with van der Waals surface area (Å²) >= 11 is 0. The van der Waals surface area contributed by atoms with Gasteiger partial charge in [-0.1, -0.05) is 24.3 Å². The molecule has 0 bridgehead atoms. The summed E-state index contributed by atoms with van der Waals surface area (Å²) in [6, 6.07) is 7.07. The van der Waals surface area contributed by atoms with Crippen molar-refractivity contribution in [2.75, 3.05) is 0 Å². The van der Waals surface area contributed by atoms with E-state index in [9.17, 15) is 9.59 Å². The predicted molar refractivity (Wildman–Crippen MR) is 65.3 cm³/mol. The Hall–Kier alpha value is -2.70. The lowest BCUT2D eigenvalue weighted by molar-refractivity contribution is -0.136. The number of nitrogens with one attached hydrogen (secondary N) is 2. The molecule has 7 nitrogen and oxygen atoms in total. The fraction of sp³-hybridized carbons (Fsp3) is 0.167. The minimum absolute atomic E-state index is 0.0734. The van der Waals surface area contributed by atoms with Crippen molar-refractivity contribution in [3.8, 4) is 0 Å². The maximum atomic E-state index is 11.7. The van der Waals surface area contributed by atoms with Gasteiger partial charge in [0.05, 0.1) is 12.6 Å². The molecule has 1 heterocycles. The van der Waals surface area contributed by atoms with Crippen LogP contribution in [0, 0.1) is 0 Å². The Bertz CT molecular complexity index is 580. The number of aromatic amines is 1. The van der Waals surface area contributed by atoms with Gasteiger partial charge in [0, 0.05) is 6.54 Å². The summed E-state index contributed by atoms with van der Waals surface area (Å²) in [5.41, 5.74) is 1.63. The fourth-order valence-electron chi connectivity index (χ4n) is 1.64. The number of benzene rings is 1. The van der Waals surface area contributed by atoms with Crippen LogP contribution < -0.4 is 5.32 Å². The molecule has 0 aliphatic carbocycles. The first kappa shape index (κ1) is 12.7. The van der Waals surface area contributed by atoms with Crippen LogP contribution in [0.25, 0.3) is 0 Å². The van der Waals surface area contributed by atoms with E-state index >= 15 is 0 Å². The molecular weight excluding hydrogens is 248 g/mol. The van der Waals surface area contributed by atoms with Gasteiger partial charge in [-0.05, 0) is 11.1 Å². The Morgan fingerprint density at radius 2 is 2.00 bits per heavy atom. The van der Waals surface area contributed by atoms with Crippen molar-refractivity contribution in [1.82, 2.24) is 20.7 Å². The minimum Gasteiger partial charge on any atom is -0.481 e. The zero-order valence-corrected chi connectivity index (χ0v) is 9.96. The van der Waals surface area contributed by atoms with Gasteiger partial charge >= 0.3 is 5.97 Å². The highest BCUT2D eigenvalue weighted by molar-refractivity contribution is 5.91. The van der Waals surface area contributed by atoms with Crippen molar-refractivity contribution in [2.24, 2.45) is 0 Å². The van der Waals surface area contributed by atoms with Crippen molar-refractivity contribution in [2.45, 2.75) is 13.0 Å². The highest BCUT2D eigenvalue weighted by Crippen LogP contribution is 2.09. The zero-order chi connectivity index (χ0) is 13.7. The van der Waals surface area contributed by atoms with Gasteiger partial charge in [0.15, 0.2) is 5.69 Å². The summed E-state index contributed by atoms with van der Waals surface area (Å²) in [6.45, 7) is 0.245. The van der Waals surface area contributed by atoms with Gasteiger partial charge in [0.1, 0.15) is 0 Å². The van der Waals surface area contributed by atoms with Gasteiger partial charge in [-0.3, -0.25) is 9.59 Å². The van der Waals surface area contributed by atoms with Crippen molar-refractivity contribution in [3.05, 3.63) is 47.3 Å². The molecule has 0 aliphatic heterocycles. The molecule has 0 atom stereocenters. The zero-order valence-electron chi connectivity index (χ0n) is 9.96. The molecule has 0 fully saturated rings. The molecule has 1 aromatic carbocycles. The third kappa shape index (κ3) is 3.38. The fourth-order valence-corrected chi connectivity index (χ4v) is 1.64. The van der Waals surface area contributed by atoms with Crippen LogP contribution in [0.4, 0.5) is 0 Å². The minimum atomic E-state index is -0.907. The van der Waals surface area contributed by atoms with E-state index in [1.165, 1.54) is 6.20 Å². The van der Waals surface area contributed by atoms with E-state index in [1.54, 1.807) is 24.3 Å². The molecule has 0 aliphatic rings. The van der Waals surface area contributed by atoms with Crippen LogP contribution in [0.5, 0.6) is 0 Å². The molecule has 0 spiro atoms. The average molecular weight is 260 g/mol. The molecule has 19 heavy (non-hydrogen) atoms. The first-order valence-electron chi connectivity index (χ1n) is 5.59. The number of aromatic nitrogens is 3. The number of carboxylic acids is 1. The van der Waals surface area contributed by atoms with E-state index in [1.807, 2.05) is 0 Å². The Morgan fingerprint density at radius 1 is 1.26 bits per heavy atom. The van der Waals surface area contributed by atoms with Crippen LogP contribution in [-0.4, -0.2) is 32.4 Å². The molecule has 0 saturated heterocycles. The summed E-state index contributed by atoms with van der Waals surface area (Å²) in [5.74, 6) is -1.27. The van der Waals surface area contributed by atoms with Crippen LogP contribution in [0.15, 0.2) is 30.5 Å². The second kappa shape index (κ2) is 5.76. The number of hydrogen-bond donors (Lipinski definition) is 3. The molecule has 1 aromatic heterocycles. The Balaban J connectivity index is 2.03. The van der Waals surface area contributed by atoms with Crippen molar-refractivity contribution >= 4 is 11.9 Å². The highest BCUT2D eigenvalue weighted by Gasteiger charge is 2.10. The van der Waals surface area contributed by atoms with Crippen LogP contribution in [-0.2, 0) is 17.8 Å². The Labute approximate surface area is 108 Å². The molecule has 1 amide bonds. The number of carboxylic acid groups (broad SMARTS) is 1. The SMILES string of the molecule is O=C(O)Cc1ccccc1CNC(=O)c1cn[nH]n1. The van der Waals surface area contributed by atoms with Gasteiger partial charge < -0.3 is 10.4 Å². The van der Waals surface area contributed by atoms with Crippen LogP contribution in [0.2, 0.25) is 0 Å². The predicted octanol–water partition coefficient (Wildman–Crippen LogP) is 0.362. The summed E-state index contributed by atoms with van der Waals surface area (Å²) in [6.07, 6.45) is 1.24. The van der Waals surface area contributed by atoms with Crippen molar-refractivity contribution < 1.29 is 14.7 Å². The van der Waals surface area contributed by atoms with E-state index < -0.39 is 5.97 Å². The standard InChI is InChI=1S/C12H12N4O3/c17-11(18)5-8-3-1-2-4-9(8)6-13-12(19)10-7-14-16-15-10/h1-4,7H,5-6H2,(H,13,19)(H,17,18)(H,14,15,16). The number of carbonyl (C=O) groups excluding carboxylic acids is 1. The number of aliphatic carboxylic acids is 1. The summed E-state index contributed by atoms with van der Waals surface area (Å²) < 4.78 is 0. The smallest absolute Gasteiger partial charge is 0.307 e. The molecule has 98 valence electrons. The molecule has 0 unspecified atom stereocenters. The number of carbonyl (C=O) groups is 2. The van der Waals surface area contributed by atoms with E-state index in [-0.39, 0.29) is 24.6 Å². The Kier molecular flexibility index (Phi) is 3.87. The molecule has 3 N–H and O–H groups in total. The van der Waals surface area contributed by atoms with Crippen LogP contribution in [0.1, 0.15) is 21.6 Å². The van der Waals surface area contributed by atoms with E-state index in [2.05, 4.69) is 20.7 Å². The topological polar surface area (TPSA) is 108 Å². The average Bonchev–Trinajstić information content (AvgIpc) is 2.90. The number of H-pyrrole nitrogens is 1. The largest absolute Gasteiger partial charge is 0.481 e. The van der Waals surface area contributed by atoms with Crippen molar-refractivity contribution in [3.63, 3.8) is 0 Å². The van der Waals surface area contributed by atoms with Crippen molar-refractivity contribution in [1.29, 1.82) is 0 Å². The maximum absolute atomic E-state index is 11.7. The number of nitrogens with zero attached hydrogens (tertiary/aromatic N) is 2. The number of amides is 1. The lowest BCUT2D eigenvalue weighted by Gasteiger charge is -2.08. The number of rotatable bonds is 5. The number of hydrogen-bond acceptors (Lipinski definition) is 4.